The lowest BCUT2D eigenvalue weighted by Crippen LogP contribution is -2.37. The quantitative estimate of drug-likeness (QED) is 0.919. The fourth-order valence-corrected chi connectivity index (χ4v) is 4.12. The van der Waals surface area contributed by atoms with Crippen molar-refractivity contribution in [3.05, 3.63) is 29.8 Å². The Labute approximate surface area is 114 Å². The summed E-state index contributed by atoms with van der Waals surface area (Å²) in [7, 11) is -3.61. The smallest absolute Gasteiger partial charge is 0.208 e. The van der Waals surface area contributed by atoms with Gasteiger partial charge in [-0.15, -0.1) is 0 Å². The summed E-state index contributed by atoms with van der Waals surface area (Å²) in [6.45, 7) is 1.91. The molecule has 1 aromatic carbocycles. The van der Waals surface area contributed by atoms with Gasteiger partial charge >= 0.3 is 0 Å². The minimum absolute atomic E-state index is 0.0716. The summed E-state index contributed by atoms with van der Waals surface area (Å²) in [6.07, 6.45) is 4.49. The summed E-state index contributed by atoms with van der Waals surface area (Å²) >= 11 is 0. The molecule has 1 unspecified atom stereocenters. The van der Waals surface area contributed by atoms with Crippen molar-refractivity contribution in [1.29, 1.82) is 5.26 Å². The molecule has 1 atom stereocenters. The van der Waals surface area contributed by atoms with E-state index in [9.17, 15) is 8.42 Å². The van der Waals surface area contributed by atoms with E-state index in [1.54, 1.807) is 12.1 Å². The van der Waals surface area contributed by atoms with Gasteiger partial charge in [0.2, 0.25) is 10.0 Å². The van der Waals surface area contributed by atoms with Gasteiger partial charge in [-0.1, -0.05) is 25.0 Å². The van der Waals surface area contributed by atoms with Gasteiger partial charge in [-0.3, -0.25) is 0 Å². The average Bonchev–Trinajstić information content (AvgIpc) is 2.92. The first-order valence-electron chi connectivity index (χ1n) is 6.56. The van der Waals surface area contributed by atoms with Crippen molar-refractivity contribution in [2.75, 3.05) is 0 Å². The van der Waals surface area contributed by atoms with Gasteiger partial charge in [-0.25, -0.2) is 13.1 Å². The van der Waals surface area contributed by atoms with Crippen molar-refractivity contribution < 1.29 is 8.42 Å². The Hall–Kier alpha value is -1.38. The van der Waals surface area contributed by atoms with E-state index < -0.39 is 10.0 Å². The molecule has 5 heteroatoms. The van der Waals surface area contributed by atoms with Crippen molar-refractivity contribution >= 4 is 10.0 Å². The number of hydrogen-bond acceptors (Lipinski definition) is 3. The van der Waals surface area contributed by atoms with Crippen LogP contribution in [0.15, 0.2) is 29.2 Å². The van der Waals surface area contributed by atoms with Crippen LogP contribution >= 0.6 is 0 Å². The molecule has 1 saturated carbocycles. The Kier molecular flexibility index (Phi) is 4.23. The Morgan fingerprint density at radius 3 is 2.58 bits per heavy atom. The SMILES string of the molecule is CC(NS(=O)(=O)c1ccccc1C#N)C1CCCC1. The molecule has 0 amide bonds. The zero-order valence-corrected chi connectivity index (χ0v) is 11.8. The second kappa shape index (κ2) is 5.72. The third kappa shape index (κ3) is 3.14. The Morgan fingerprint density at radius 2 is 1.95 bits per heavy atom. The lowest BCUT2D eigenvalue weighted by molar-refractivity contribution is 0.424. The molecule has 2 rings (SSSR count). The molecule has 1 fully saturated rings. The third-order valence-electron chi connectivity index (χ3n) is 3.75. The largest absolute Gasteiger partial charge is 0.242 e. The highest BCUT2D eigenvalue weighted by Crippen LogP contribution is 2.28. The first-order valence-corrected chi connectivity index (χ1v) is 8.04. The molecular weight excluding hydrogens is 260 g/mol. The normalized spacial score (nSPS) is 18.1. The lowest BCUT2D eigenvalue weighted by atomic mass is 10.0. The van der Waals surface area contributed by atoms with E-state index in [0.717, 1.165) is 12.8 Å². The molecule has 0 heterocycles. The number of sulfonamides is 1. The van der Waals surface area contributed by atoms with Crippen molar-refractivity contribution in [1.82, 2.24) is 4.72 Å². The molecule has 102 valence electrons. The molecule has 19 heavy (non-hydrogen) atoms. The number of nitriles is 1. The highest BCUT2D eigenvalue weighted by molar-refractivity contribution is 7.89. The number of rotatable bonds is 4. The molecule has 0 saturated heterocycles. The van der Waals surface area contributed by atoms with Gasteiger partial charge < -0.3 is 0 Å². The molecule has 0 aliphatic heterocycles. The molecule has 0 bridgehead atoms. The second-order valence-electron chi connectivity index (χ2n) is 5.06. The summed E-state index contributed by atoms with van der Waals surface area (Å²) in [5, 5.41) is 8.99. The van der Waals surface area contributed by atoms with Gasteiger partial charge in [0.25, 0.3) is 0 Å². The molecular formula is C14H18N2O2S. The third-order valence-corrected chi connectivity index (χ3v) is 5.36. The van der Waals surface area contributed by atoms with Crippen LogP contribution in [-0.4, -0.2) is 14.5 Å². The second-order valence-corrected chi connectivity index (χ2v) is 6.74. The molecule has 1 N–H and O–H groups in total. The van der Waals surface area contributed by atoms with Crippen LogP contribution in [0.3, 0.4) is 0 Å². The summed E-state index contributed by atoms with van der Waals surface area (Å²) < 4.78 is 27.3. The first kappa shape index (κ1) is 14.0. The fraction of sp³-hybridized carbons (Fsp3) is 0.500. The van der Waals surface area contributed by atoms with E-state index >= 15 is 0 Å². The van der Waals surface area contributed by atoms with Crippen LogP contribution in [0, 0.1) is 17.2 Å². The topological polar surface area (TPSA) is 70.0 Å². The molecule has 1 aromatic rings. The van der Waals surface area contributed by atoms with Gasteiger partial charge in [0.1, 0.15) is 6.07 Å². The highest BCUT2D eigenvalue weighted by Gasteiger charge is 2.27. The number of nitrogens with one attached hydrogen (secondary N) is 1. The minimum atomic E-state index is -3.61. The molecule has 1 aliphatic carbocycles. The minimum Gasteiger partial charge on any atom is -0.208 e. The predicted octanol–water partition coefficient (Wildman–Crippen LogP) is 2.42. The summed E-state index contributed by atoms with van der Waals surface area (Å²) in [5.41, 5.74) is 0.189. The Balaban J connectivity index is 2.20. The molecule has 1 aliphatic rings. The van der Waals surface area contributed by atoms with Crippen LogP contribution in [0.25, 0.3) is 0 Å². The van der Waals surface area contributed by atoms with Crippen molar-refractivity contribution in [2.45, 2.75) is 43.5 Å². The maximum atomic E-state index is 12.3. The van der Waals surface area contributed by atoms with Crippen LogP contribution in [0.5, 0.6) is 0 Å². The predicted molar refractivity (Wildman–Crippen MR) is 72.9 cm³/mol. The lowest BCUT2D eigenvalue weighted by Gasteiger charge is -2.20. The number of hydrogen-bond donors (Lipinski definition) is 1. The number of benzene rings is 1. The molecule has 0 aromatic heterocycles. The fourth-order valence-electron chi connectivity index (χ4n) is 2.66. The van der Waals surface area contributed by atoms with Crippen LogP contribution < -0.4 is 4.72 Å². The van der Waals surface area contributed by atoms with E-state index in [4.69, 9.17) is 5.26 Å². The van der Waals surface area contributed by atoms with E-state index in [-0.39, 0.29) is 16.5 Å². The molecule has 4 nitrogen and oxygen atoms in total. The first-order chi connectivity index (χ1) is 9.04. The van der Waals surface area contributed by atoms with Gasteiger partial charge in [0.05, 0.1) is 10.5 Å². The molecule has 0 radical (unpaired) electrons. The van der Waals surface area contributed by atoms with E-state index in [2.05, 4.69) is 4.72 Å². The molecule has 0 spiro atoms. The van der Waals surface area contributed by atoms with Gasteiger partial charge in [0, 0.05) is 6.04 Å². The van der Waals surface area contributed by atoms with E-state index in [0.29, 0.717) is 5.92 Å². The van der Waals surface area contributed by atoms with Crippen molar-refractivity contribution in [2.24, 2.45) is 5.92 Å². The average molecular weight is 278 g/mol. The van der Waals surface area contributed by atoms with E-state index in [1.807, 2.05) is 13.0 Å². The van der Waals surface area contributed by atoms with Gasteiger partial charge in [-0.05, 0) is 37.8 Å². The van der Waals surface area contributed by atoms with Crippen LogP contribution in [0.4, 0.5) is 0 Å². The summed E-state index contributed by atoms with van der Waals surface area (Å²) in [5.74, 6) is 0.407. The summed E-state index contributed by atoms with van der Waals surface area (Å²) in [6, 6.07) is 8.14. The van der Waals surface area contributed by atoms with E-state index in [1.165, 1.54) is 25.0 Å². The van der Waals surface area contributed by atoms with Crippen LogP contribution in [-0.2, 0) is 10.0 Å². The Bertz CT molecular complexity index is 584. The standard InChI is InChI=1S/C14H18N2O2S/c1-11(12-6-2-3-7-12)16-19(17,18)14-9-5-4-8-13(14)10-15/h4-5,8-9,11-12,16H,2-3,6-7H2,1H3. The maximum Gasteiger partial charge on any atom is 0.242 e. The monoisotopic (exact) mass is 278 g/mol. The highest BCUT2D eigenvalue weighted by atomic mass is 32.2. The van der Waals surface area contributed by atoms with Crippen molar-refractivity contribution in [3.8, 4) is 6.07 Å². The van der Waals surface area contributed by atoms with Gasteiger partial charge in [-0.2, -0.15) is 5.26 Å². The zero-order chi connectivity index (χ0) is 13.9. The zero-order valence-electron chi connectivity index (χ0n) is 11.0. The summed E-state index contributed by atoms with van der Waals surface area (Å²) in [4.78, 5) is 0.0716. The number of nitrogens with zero attached hydrogens (tertiary/aromatic N) is 1. The Morgan fingerprint density at radius 1 is 1.32 bits per heavy atom. The van der Waals surface area contributed by atoms with Crippen LogP contribution in [0.1, 0.15) is 38.2 Å². The van der Waals surface area contributed by atoms with Crippen molar-refractivity contribution in [3.63, 3.8) is 0 Å². The van der Waals surface area contributed by atoms with Crippen LogP contribution in [0.2, 0.25) is 0 Å². The maximum absolute atomic E-state index is 12.3. The van der Waals surface area contributed by atoms with Gasteiger partial charge in [0.15, 0.2) is 0 Å².